The molecular weight excluding hydrogens is 396 g/mol. The van der Waals surface area contributed by atoms with Crippen LogP contribution in [0.3, 0.4) is 0 Å². The Hall–Kier alpha value is -1.14. The molecule has 6 heteroatoms. The zero-order chi connectivity index (χ0) is 23.7. The molecular formula is C25H46O6. The largest absolute Gasteiger partial charge is 0.420 e. The molecule has 31 heavy (non-hydrogen) atoms. The van der Waals surface area contributed by atoms with E-state index in [-0.39, 0.29) is 16.7 Å². The second kappa shape index (κ2) is 12.2. The molecule has 0 bridgehead atoms. The number of unbranched alkanes of at least 4 members (excludes halogenated alkanes) is 2. The molecule has 1 heterocycles. The van der Waals surface area contributed by atoms with Gasteiger partial charge in [-0.2, -0.15) is 9.78 Å². The van der Waals surface area contributed by atoms with Gasteiger partial charge < -0.3 is 0 Å². The lowest BCUT2D eigenvalue weighted by Crippen LogP contribution is -2.29. The van der Waals surface area contributed by atoms with Gasteiger partial charge in [0.2, 0.25) is 0 Å². The molecule has 0 aromatic heterocycles. The summed E-state index contributed by atoms with van der Waals surface area (Å²) in [4.78, 5) is 44.5. The summed E-state index contributed by atoms with van der Waals surface area (Å²) in [5, 5.41) is 0. The standard InChI is InChI=1S/C25H46O6/c1-19(2)14-15-20(13-9-10-16-23(3,4)5)21(26)28-29-22(27)25(30-31-25)18-12-11-17-24(6,7)8/h19-20H,9-18H2,1-8H3. The highest BCUT2D eigenvalue weighted by molar-refractivity contribution is 5.80. The van der Waals surface area contributed by atoms with E-state index in [1.54, 1.807) is 0 Å². The van der Waals surface area contributed by atoms with E-state index in [0.717, 1.165) is 57.8 Å². The van der Waals surface area contributed by atoms with Crippen molar-refractivity contribution in [2.75, 3.05) is 0 Å². The summed E-state index contributed by atoms with van der Waals surface area (Å²) in [6.45, 7) is 17.5. The molecule has 0 radical (unpaired) electrons. The van der Waals surface area contributed by atoms with Crippen LogP contribution in [0.25, 0.3) is 0 Å². The molecule has 1 saturated heterocycles. The fourth-order valence-corrected chi connectivity index (χ4v) is 3.49. The number of hydrogen-bond acceptors (Lipinski definition) is 6. The Morgan fingerprint density at radius 3 is 1.81 bits per heavy atom. The van der Waals surface area contributed by atoms with E-state index in [0.29, 0.717) is 12.3 Å². The molecule has 0 aromatic carbocycles. The second-order valence-corrected chi connectivity index (χ2v) is 11.9. The average molecular weight is 443 g/mol. The molecule has 0 amide bonds. The molecule has 0 spiro atoms. The van der Waals surface area contributed by atoms with Gasteiger partial charge in [0.05, 0.1) is 5.92 Å². The minimum absolute atomic E-state index is 0.242. The summed E-state index contributed by atoms with van der Waals surface area (Å²) < 4.78 is 0. The van der Waals surface area contributed by atoms with Crippen LogP contribution in [0, 0.1) is 22.7 Å². The van der Waals surface area contributed by atoms with Crippen molar-refractivity contribution in [2.24, 2.45) is 22.7 Å². The highest BCUT2D eigenvalue weighted by Gasteiger charge is 2.59. The van der Waals surface area contributed by atoms with Crippen LogP contribution in [0.5, 0.6) is 0 Å². The van der Waals surface area contributed by atoms with E-state index >= 15 is 0 Å². The second-order valence-electron chi connectivity index (χ2n) is 11.9. The van der Waals surface area contributed by atoms with E-state index < -0.39 is 17.7 Å². The van der Waals surface area contributed by atoms with Crippen molar-refractivity contribution < 1.29 is 29.1 Å². The predicted octanol–water partition coefficient (Wildman–Crippen LogP) is 6.91. The molecule has 0 N–H and O–H groups in total. The number of rotatable bonds is 13. The Balaban J connectivity index is 2.45. The fraction of sp³-hybridized carbons (Fsp3) is 0.920. The van der Waals surface area contributed by atoms with Gasteiger partial charge >= 0.3 is 17.7 Å². The Bertz CT molecular complexity index is 551. The van der Waals surface area contributed by atoms with Crippen LogP contribution < -0.4 is 0 Å². The Kier molecular flexibility index (Phi) is 11.0. The van der Waals surface area contributed by atoms with Crippen molar-refractivity contribution in [3.8, 4) is 0 Å². The first-order chi connectivity index (χ1) is 14.2. The van der Waals surface area contributed by atoms with Crippen molar-refractivity contribution in [1.29, 1.82) is 0 Å². The summed E-state index contributed by atoms with van der Waals surface area (Å²) in [6, 6.07) is 0. The summed E-state index contributed by atoms with van der Waals surface area (Å²) in [5.74, 6) is -2.44. The van der Waals surface area contributed by atoms with Crippen LogP contribution in [-0.4, -0.2) is 17.7 Å². The van der Waals surface area contributed by atoms with Crippen molar-refractivity contribution in [2.45, 2.75) is 125 Å². The van der Waals surface area contributed by atoms with Gasteiger partial charge in [0.1, 0.15) is 0 Å². The van der Waals surface area contributed by atoms with E-state index in [9.17, 15) is 9.59 Å². The first-order valence-corrected chi connectivity index (χ1v) is 12.0. The monoisotopic (exact) mass is 442 g/mol. The van der Waals surface area contributed by atoms with E-state index in [1.165, 1.54) is 0 Å². The van der Waals surface area contributed by atoms with Crippen LogP contribution in [0.15, 0.2) is 0 Å². The highest BCUT2D eigenvalue weighted by atomic mass is 17.4. The third-order valence-corrected chi connectivity index (χ3v) is 5.63. The van der Waals surface area contributed by atoms with E-state index in [4.69, 9.17) is 19.6 Å². The Morgan fingerprint density at radius 2 is 1.32 bits per heavy atom. The number of hydrogen-bond donors (Lipinski definition) is 0. The lowest BCUT2D eigenvalue weighted by atomic mass is 9.87. The molecule has 0 saturated carbocycles. The van der Waals surface area contributed by atoms with Crippen LogP contribution in [-0.2, 0) is 29.1 Å². The molecule has 1 atom stereocenters. The first-order valence-electron chi connectivity index (χ1n) is 12.0. The topological polar surface area (TPSA) is 77.7 Å². The summed E-state index contributed by atoms with van der Waals surface area (Å²) in [7, 11) is 0. The van der Waals surface area contributed by atoms with Gasteiger partial charge in [-0.1, -0.05) is 81.1 Å². The maximum Gasteiger partial charge on any atom is 0.420 e. The van der Waals surface area contributed by atoms with Gasteiger partial charge in [-0.15, -0.1) is 0 Å². The molecule has 1 aliphatic heterocycles. The van der Waals surface area contributed by atoms with Gasteiger partial charge in [0.15, 0.2) is 0 Å². The number of carbonyl (C=O) groups is 2. The van der Waals surface area contributed by atoms with Gasteiger partial charge in [0.25, 0.3) is 0 Å². The molecule has 0 aliphatic carbocycles. The van der Waals surface area contributed by atoms with Crippen LogP contribution in [0.2, 0.25) is 0 Å². The molecule has 1 rings (SSSR count). The van der Waals surface area contributed by atoms with E-state index in [1.807, 2.05) is 0 Å². The zero-order valence-corrected chi connectivity index (χ0v) is 21.2. The van der Waals surface area contributed by atoms with Crippen molar-refractivity contribution >= 4 is 11.9 Å². The lowest BCUT2D eigenvalue weighted by molar-refractivity contribution is -0.267. The van der Waals surface area contributed by atoms with Crippen LogP contribution >= 0.6 is 0 Å². The van der Waals surface area contributed by atoms with E-state index in [2.05, 4.69) is 55.4 Å². The maximum absolute atomic E-state index is 12.6. The average Bonchev–Trinajstić information content (AvgIpc) is 3.41. The zero-order valence-electron chi connectivity index (χ0n) is 21.2. The van der Waals surface area contributed by atoms with Crippen molar-refractivity contribution in [1.82, 2.24) is 0 Å². The molecule has 182 valence electrons. The third kappa shape index (κ3) is 12.5. The molecule has 1 aliphatic rings. The first kappa shape index (κ1) is 27.9. The quantitative estimate of drug-likeness (QED) is 0.133. The minimum Gasteiger partial charge on any atom is -0.247 e. The fourth-order valence-electron chi connectivity index (χ4n) is 3.49. The lowest BCUT2D eigenvalue weighted by Gasteiger charge is -2.19. The Morgan fingerprint density at radius 1 is 0.774 bits per heavy atom. The van der Waals surface area contributed by atoms with Gasteiger partial charge in [-0.05, 0) is 48.9 Å². The smallest absolute Gasteiger partial charge is 0.247 e. The number of carbonyl (C=O) groups excluding carboxylic acids is 2. The summed E-state index contributed by atoms with van der Waals surface area (Å²) in [6.07, 6.45) is 8.68. The molecule has 6 nitrogen and oxygen atoms in total. The molecule has 1 fully saturated rings. The minimum atomic E-state index is -1.40. The highest BCUT2D eigenvalue weighted by Crippen LogP contribution is 2.37. The van der Waals surface area contributed by atoms with Gasteiger partial charge in [-0.25, -0.2) is 19.4 Å². The molecule has 1 unspecified atom stereocenters. The van der Waals surface area contributed by atoms with Crippen molar-refractivity contribution in [3.63, 3.8) is 0 Å². The molecule has 0 aromatic rings. The summed E-state index contributed by atoms with van der Waals surface area (Å²) >= 11 is 0. The van der Waals surface area contributed by atoms with Crippen molar-refractivity contribution in [3.05, 3.63) is 0 Å². The SMILES string of the molecule is CC(C)CCC(CCCCC(C)(C)C)C(=O)OOC(=O)C1(CCCCC(C)(C)C)OO1. The predicted molar refractivity (Wildman–Crippen MR) is 120 cm³/mol. The van der Waals surface area contributed by atoms with Gasteiger partial charge in [-0.3, -0.25) is 0 Å². The van der Waals surface area contributed by atoms with Crippen LogP contribution in [0.4, 0.5) is 0 Å². The van der Waals surface area contributed by atoms with Crippen LogP contribution in [0.1, 0.15) is 120 Å². The summed E-state index contributed by atoms with van der Waals surface area (Å²) in [5.41, 5.74) is 0.529. The van der Waals surface area contributed by atoms with Gasteiger partial charge in [0, 0.05) is 6.42 Å². The Labute approximate surface area is 189 Å². The third-order valence-electron chi connectivity index (χ3n) is 5.63. The normalized spacial score (nSPS) is 16.8. The maximum atomic E-state index is 12.6.